The fraction of sp³-hybridized carbons (Fsp3) is 0.200. The molecule has 2 aromatic carbocycles. The molecular weight excluding hydrogens is 318 g/mol. The van der Waals surface area contributed by atoms with Gasteiger partial charge in [-0.2, -0.15) is 0 Å². The number of hydrogen-bond donors (Lipinski definition) is 1. The van der Waals surface area contributed by atoms with E-state index in [0.29, 0.717) is 17.5 Å². The highest BCUT2D eigenvalue weighted by Crippen LogP contribution is 2.15. The average molecular weight is 337 g/mol. The SMILES string of the molecule is CCc1ccc2oc(C(=O)NCc3ccc(OC)cc3)cc(=O)c2c1. The van der Waals surface area contributed by atoms with E-state index >= 15 is 0 Å². The van der Waals surface area contributed by atoms with Crippen LogP contribution in [0.15, 0.2) is 57.7 Å². The number of carbonyl (C=O) groups is 1. The lowest BCUT2D eigenvalue weighted by molar-refractivity contribution is 0.0923. The van der Waals surface area contributed by atoms with Gasteiger partial charge in [-0.25, -0.2) is 0 Å². The molecule has 1 aromatic heterocycles. The van der Waals surface area contributed by atoms with Crippen LogP contribution in [-0.4, -0.2) is 13.0 Å². The van der Waals surface area contributed by atoms with Crippen LogP contribution in [0.2, 0.25) is 0 Å². The fourth-order valence-corrected chi connectivity index (χ4v) is 2.55. The van der Waals surface area contributed by atoms with Crippen LogP contribution in [0.5, 0.6) is 5.75 Å². The Hall–Kier alpha value is -3.08. The smallest absolute Gasteiger partial charge is 0.287 e. The Labute approximate surface area is 145 Å². The summed E-state index contributed by atoms with van der Waals surface area (Å²) in [7, 11) is 1.60. The van der Waals surface area contributed by atoms with Crippen LogP contribution in [-0.2, 0) is 13.0 Å². The van der Waals surface area contributed by atoms with Gasteiger partial charge in [0.1, 0.15) is 11.3 Å². The molecule has 0 spiro atoms. The van der Waals surface area contributed by atoms with Crippen LogP contribution in [0.1, 0.15) is 28.6 Å². The van der Waals surface area contributed by atoms with Gasteiger partial charge in [-0.1, -0.05) is 25.1 Å². The van der Waals surface area contributed by atoms with Crippen molar-refractivity contribution in [1.82, 2.24) is 5.32 Å². The maximum atomic E-state index is 12.3. The number of amides is 1. The number of rotatable bonds is 5. The number of carbonyl (C=O) groups excluding carboxylic acids is 1. The minimum absolute atomic E-state index is 0.00950. The fourth-order valence-electron chi connectivity index (χ4n) is 2.55. The highest BCUT2D eigenvalue weighted by Gasteiger charge is 2.12. The van der Waals surface area contributed by atoms with Gasteiger partial charge in [-0.15, -0.1) is 0 Å². The van der Waals surface area contributed by atoms with Crippen LogP contribution in [0, 0.1) is 0 Å². The normalized spacial score (nSPS) is 10.6. The van der Waals surface area contributed by atoms with Crippen molar-refractivity contribution >= 4 is 16.9 Å². The van der Waals surface area contributed by atoms with Gasteiger partial charge >= 0.3 is 0 Å². The Kier molecular flexibility index (Phi) is 4.84. The molecule has 0 radical (unpaired) electrons. The van der Waals surface area contributed by atoms with E-state index in [9.17, 15) is 9.59 Å². The summed E-state index contributed by atoms with van der Waals surface area (Å²) in [6.07, 6.45) is 0.833. The lowest BCUT2D eigenvalue weighted by atomic mass is 10.1. The summed E-state index contributed by atoms with van der Waals surface area (Å²) in [5, 5.41) is 3.25. The first-order valence-corrected chi connectivity index (χ1v) is 8.08. The molecule has 0 fully saturated rings. The molecule has 0 saturated carbocycles. The third-order valence-electron chi connectivity index (χ3n) is 4.04. The summed E-state index contributed by atoms with van der Waals surface area (Å²) in [5.41, 5.74) is 2.17. The summed E-state index contributed by atoms with van der Waals surface area (Å²) in [5.74, 6) is 0.340. The molecule has 1 N–H and O–H groups in total. The zero-order chi connectivity index (χ0) is 17.8. The standard InChI is InChI=1S/C20H19NO4/c1-3-13-6-9-18-16(10-13)17(22)11-19(25-18)20(23)21-12-14-4-7-15(24-2)8-5-14/h4-11H,3,12H2,1-2H3,(H,21,23). The van der Waals surface area contributed by atoms with Gasteiger partial charge < -0.3 is 14.5 Å². The van der Waals surface area contributed by atoms with Gasteiger partial charge in [-0.05, 0) is 41.8 Å². The third kappa shape index (κ3) is 3.71. The molecule has 0 aliphatic rings. The lowest BCUT2D eigenvalue weighted by Crippen LogP contribution is -2.24. The molecule has 3 aromatic rings. The Morgan fingerprint density at radius 1 is 1.08 bits per heavy atom. The van der Waals surface area contributed by atoms with Crippen molar-refractivity contribution < 1.29 is 13.9 Å². The Morgan fingerprint density at radius 2 is 1.80 bits per heavy atom. The lowest BCUT2D eigenvalue weighted by Gasteiger charge is -2.07. The first kappa shape index (κ1) is 16.8. The van der Waals surface area contributed by atoms with Crippen LogP contribution < -0.4 is 15.5 Å². The first-order valence-electron chi connectivity index (χ1n) is 8.08. The number of methoxy groups -OCH3 is 1. The van der Waals surface area contributed by atoms with E-state index in [1.54, 1.807) is 19.2 Å². The topological polar surface area (TPSA) is 68.5 Å². The largest absolute Gasteiger partial charge is 0.497 e. The summed E-state index contributed by atoms with van der Waals surface area (Å²) in [6, 6.07) is 14.0. The molecule has 0 aliphatic heterocycles. The molecule has 5 heteroatoms. The van der Waals surface area contributed by atoms with Crippen LogP contribution in [0.4, 0.5) is 0 Å². The predicted octanol–water partition coefficient (Wildman–Crippen LogP) is 3.29. The van der Waals surface area contributed by atoms with Gasteiger partial charge in [0.25, 0.3) is 5.91 Å². The molecule has 5 nitrogen and oxygen atoms in total. The maximum Gasteiger partial charge on any atom is 0.287 e. The minimum atomic E-state index is -0.422. The molecule has 0 unspecified atom stereocenters. The first-order chi connectivity index (χ1) is 12.1. The van der Waals surface area contributed by atoms with Gasteiger partial charge in [0.2, 0.25) is 0 Å². The number of fused-ring (bicyclic) bond motifs is 1. The van der Waals surface area contributed by atoms with E-state index in [0.717, 1.165) is 23.3 Å². The highest BCUT2D eigenvalue weighted by atomic mass is 16.5. The van der Waals surface area contributed by atoms with Crippen molar-refractivity contribution in [2.45, 2.75) is 19.9 Å². The second-order valence-electron chi connectivity index (χ2n) is 5.69. The summed E-state index contributed by atoms with van der Waals surface area (Å²) < 4.78 is 10.7. The molecule has 0 aliphatic carbocycles. The molecule has 25 heavy (non-hydrogen) atoms. The second-order valence-corrected chi connectivity index (χ2v) is 5.69. The van der Waals surface area contributed by atoms with E-state index in [1.165, 1.54) is 6.07 Å². The number of hydrogen-bond acceptors (Lipinski definition) is 4. The quantitative estimate of drug-likeness (QED) is 0.776. The minimum Gasteiger partial charge on any atom is -0.497 e. The van der Waals surface area contributed by atoms with Crippen molar-refractivity contribution in [3.63, 3.8) is 0 Å². The zero-order valence-electron chi connectivity index (χ0n) is 14.2. The predicted molar refractivity (Wildman–Crippen MR) is 96.0 cm³/mol. The van der Waals surface area contributed by atoms with Crippen molar-refractivity contribution in [2.75, 3.05) is 7.11 Å². The molecule has 0 saturated heterocycles. The van der Waals surface area contributed by atoms with E-state index in [1.807, 2.05) is 37.3 Å². The Bertz CT molecular complexity index is 958. The third-order valence-corrected chi connectivity index (χ3v) is 4.04. The van der Waals surface area contributed by atoms with Gasteiger partial charge in [0.05, 0.1) is 12.5 Å². The van der Waals surface area contributed by atoms with E-state index in [-0.39, 0.29) is 11.2 Å². The molecule has 128 valence electrons. The van der Waals surface area contributed by atoms with Crippen molar-refractivity contribution in [3.05, 3.63) is 75.6 Å². The van der Waals surface area contributed by atoms with E-state index in [4.69, 9.17) is 9.15 Å². The molecule has 0 atom stereocenters. The number of aryl methyl sites for hydroxylation is 1. The Balaban J connectivity index is 1.78. The van der Waals surface area contributed by atoms with E-state index in [2.05, 4.69) is 5.32 Å². The average Bonchev–Trinajstić information content (AvgIpc) is 2.66. The molecule has 3 rings (SSSR count). The molecule has 1 amide bonds. The van der Waals surface area contributed by atoms with Crippen molar-refractivity contribution in [1.29, 1.82) is 0 Å². The van der Waals surface area contributed by atoms with Crippen LogP contribution in [0.3, 0.4) is 0 Å². The van der Waals surface area contributed by atoms with Gasteiger partial charge in [0.15, 0.2) is 11.2 Å². The maximum absolute atomic E-state index is 12.3. The highest BCUT2D eigenvalue weighted by molar-refractivity contribution is 5.93. The van der Waals surface area contributed by atoms with Gasteiger partial charge in [0, 0.05) is 12.6 Å². The molecule has 1 heterocycles. The van der Waals surface area contributed by atoms with Crippen molar-refractivity contribution in [3.8, 4) is 5.75 Å². The second kappa shape index (κ2) is 7.21. The van der Waals surface area contributed by atoms with Crippen LogP contribution in [0.25, 0.3) is 11.0 Å². The van der Waals surface area contributed by atoms with Crippen molar-refractivity contribution in [2.24, 2.45) is 0 Å². The number of ether oxygens (including phenoxy) is 1. The number of nitrogens with one attached hydrogen (secondary N) is 1. The summed E-state index contributed by atoms with van der Waals surface area (Å²) in [6.45, 7) is 2.35. The number of benzene rings is 2. The molecule has 0 bridgehead atoms. The zero-order valence-corrected chi connectivity index (χ0v) is 14.2. The van der Waals surface area contributed by atoms with Crippen LogP contribution >= 0.6 is 0 Å². The summed E-state index contributed by atoms with van der Waals surface area (Å²) >= 11 is 0. The monoisotopic (exact) mass is 337 g/mol. The summed E-state index contributed by atoms with van der Waals surface area (Å²) in [4.78, 5) is 24.6. The molecular formula is C20H19NO4. The Morgan fingerprint density at radius 3 is 2.48 bits per heavy atom. The van der Waals surface area contributed by atoms with E-state index < -0.39 is 5.91 Å². The van der Waals surface area contributed by atoms with Gasteiger partial charge in [-0.3, -0.25) is 9.59 Å².